The van der Waals surface area contributed by atoms with Gasteiger partial charge in [-0.15, -0.1) is 0 Å². The molecule has 1 aliphatic rings. The van der Waals surface area contributed by atoms with Crippen molar-refractivity contribution in [1.29, 1.82) is 0 Å². The Balaban J connectivity index is 1.96. The molecule has 1 aromatic carbocycles. The van der Waals surface area contributed by atoms with Crippen molar-refractivity contribution in [2.75, 3.05) is 10.5 Å². The number of aromatic amines is 1. The summed E-state index contributed by atoms with van der Waals surface area (Å²) in [5.41, 5.74) is 1.82. The van der Waals surface area contributed by atoms with Crippen LogP contribution in [0.2, 0.25) is 0 Å². The molecule has 3 rings (SSSR count). The van der Waals surface area contributed by atoms with E-state index < -0.39 is 15.9 Å². The number of halogens is 2. The highest BCUT2D eigenvalue weighted by molar-refractivity contribution is 7.92. The van der Waals surface area contributed by atoms with Gasteiger partial charge in [0.2, 0.25) is 15.9 Å². The quantitative estimate of drug-likeness (QED) is 0.729. The highest BCUT2D eigenvalue weighted by Gasteiger charge is 2.36. The molecule has 158 valence electrons. The molecular weight excluding hydrogens is 402 g/mol. The summed E-state index contributed by atoms with van der Waals surface area (Å²) in [6, 6.07) is 6.49. The van der Waals surface area contributed by atoms with Crippen LogP contribution in [0.15, 0.2) is 35.3 Å². The fourth-order valence-corrected chi connectivity index (χ4v) is 3.87. The number of H-pyrrole nitrogens is 1. The highest BCUT2D eigenvalue weighted by atomic mass is 32.2. The molecule has 0 spiro atoms. The van der Waals surface area contributed by atoms with E-state index >= 15 is 0 Å². The summed E-state index contributed by atoms with van der Waals surface area (Å²) < 4.78 is 59.2. The molecule has 9 heteroatoms. The number of aromatic nitrogens is 1. The predicted octanol–water partition coefficient (Wildman–Crippen LogP) is 4.07. The number of hydrogen-bond donors (Lipinski definition) is 2. The van der Waals surface area contributed by atoms with Crippen molar-refractivity contribution < 1.29 is 21.9 Å². The van der Waals surface area contributed by atoms with E-state index in [1.165, 1.54) is 13.1 Å². The van der Waals surface area contributed by atoms with Gasteiger partial charge < -0.3 is 9.72 Å². The van der Waals surface area contributed by atoms with E-state index in [4.69, 9.17) is 4.74 Å². The van der Waals surface area contributed by atoms with E-state index in [9.17, 15) is 22.0 Å². The zero-order valence-electron chi connectivity index (χ0n) is 16.3. The molecule has 0 amide bonds. The van der Waals surface area contributed by atoms with Crippen LogP contribution in [0, 0.1) is 6.92 Å². The Morgan fingerprint density at radius 2 is 1.93 bits per heavy atom. The summed E-state index contributed by atoms with van der Waals surface area (Å²) >= 11 is 0. The maximum absolute atomic E-state index is 13.4. The Labute approximate surface area is 168 Å². The molecule has 29 heavy (non-hydrogen) atoms. The minimum atomic E-state index is -3.47. The van der Waals surface area contributed by atoms with Gasteiger partial charge in [0.1, 0.15) is 5.75 Å². The Bertz CT molecular complexity index is 1040. The Hall–Kier alpha value is -2.42. The molecule has 0 atom stereocenters. The average Bonchev–Trinajstić information content (AvgIpc) is 2.66. The molecule has 1 heterocycles. The molecule has 1 fully saturated rings. The van der Waals surface area contributed by atoms with Crippen LogP contribution < -0.4 is 15.0 Å². The first kappa shape index (κ1) is 21.3. The molecule has 2 N–H and O–H groups in total. The number of sulfonamides is 1. The van der Waals surface area contributed by atoms with Gasteiger partial charge in [0.15, 0.2) is 0 Å². The molecule has 0 saturated heterocycles. The highest BCUT2D eigenvalue weighted by Crippen LogP contribution is 2.38. The van der Waals surface area contributed by atoms with Crippen molar-refractivity contribution >= 4 is 15.7 Å². The van der Waals surface area contributed by atoms with Crippen LogP contribution in [0.1, 0.15) is 38.2 Å². The molecular formula is C20H24F2N2O4S. The second kappa shape index (κ2) is 8.14. The lowest BCUT2D eigenvalue weighted by molar-refractivity contribution is -0.0581. The van der Waals surface area contributed by atoms with Crippen molar-refractivity contribution in [3.63, 3.8) is 0 Å². The van der Waals surface area contributed by atoms with Gasteiger partial charge >= 0.3 is 0 Å². The maximum atomic E-state index is 13.4. The van der Waals surface area contributed by atoms with Crippen LogP contribution in [0.5, 0.6) is 5.75 Å². The summed E-state index contributed by atoms with van der Waals surface area (Å²) in [6.45, 7) is 3.20. The number of hydrogen-bond acceptors (Lipinski definition) is 4. The van der Waals surface area contributed by atoms with E-state index in [0.29, 0.717) is 28.1 Å². The predicted molar refractivity (Wildman–Crippen MR) is 108 cm³/mol. The summed E-state index contributed by atoms with van der Waals surface area (Å²) in [5.74, 6) is -2.28. The molecule has 1 aromatic heterocycles. The molecule has 0 unspecified atom stereocenters. The second-order valence-corrected chi connectivity index (χ2v) is 9.30. The second-order valence-electron chi connectivity index (χ2n) is 7.29. The minimum absolute atomic E-state index is 0.0748. The number of rotatable bonds is 6. The lowest BCUT2D eigenvalue weighted by Gasteiger charge is -2.29. The summed E-state index contributed by atoms with van der Waals surface area (Å²) in [6.07, 6.45) is 1.20. The van der Waals surface area contributed by atoms with Crippen LogP contribution in [0.4, 0.5) is 14.5 Å². The number of aryl methyl sites for hydroxylation is 1. The molecule has 6 nitrogen and oxygen atoms in total. The van der Waals surface area contributed by atoms with Gasteiger partial charge in [-0.3, -0.25) is 9.52 Å². The van der Waals surface area contributed by atoms with Gasteiger partial charge in [0.05, 0.1) is 11.9 Å². The molecule has 2 aromatic rings. The lowest BCUT2D eigenvalue weighted by atomic mass is 9.94. The van der Waals surface area contributed by atoms with Gasteiger partial charge in [-0.2, -0.15) is 0 Å². The van der Waals surface area contributed by atoms with E-state index in [0.717, 1.165) is 0 Å². The number of ether oxygens (including phenoxy) is 1. The minimum Gasteiger partial charge on any atom is -0.490 e. The van der Waals surface area contributed by atoms with Crippen molar-refractivity contribution in [2.45, 2.75) is 51.6 Å². The summed E-state index contributed by atoms with van der Waals surface area (Å²) in [4.78, 5) is 14.3. The topological polar surface area (TPSA) is 88.3 Å². The van der Waals surface area contributed by atoms with Crippen molar-refractivity contribution in [3.05, 3.63) is 46.4 Å². The number of pyridine rings is 1. The van der Waals surface area contributed by atoms with Gasteiger partial charge in [-0.05, 0) is 51.0 Å². The van der Waals surface area contributed by atoms with E-state index in [-0.39, 0.29) is 43.1 Å². The Morgan fingerprint density at radius 1 is 1.24 bits per heavy atom. The van der Waals surface area contributed by atoms with Crippen LogP contribution in [0.25, 0.3) is 11.1 Å². The van der Waals surface area contributed by atoms with Crippen molar-refractivity contribution in [1.82, 2.24) is 4.98 Å². The van der Waals surface area contributed by atoms with E-state index in [1.54, 1.807) is 31.2 Å². The molecule has 0 radical (unpaired) electrons. The van der Waals surface area contributed by atoms with Gasteiger partial charge in [-0.25, -0.2) is 17.2 Å². The monoisotopic (exact) mass is 426 g/mol. The third-order valence-corrected chi connectivity index (χ3v) is 6.30. The third kappa shape index (κ3) is 5.35. The third-order valence-electron chi connectivity index (χ3n) is 4.99. The molecule has 0 aliphatic heterocycles. The standard InChI is InChI=1S/C20H24F2N2O4S/c1-3-29(26,27)24-15-4-5-18(28-16-6-8-20(21,22)9-7-16)17(11-15)14-10-13(2)19(25)23-12-14/h4-5,10-12,16,24H,3,6-9H2,1-2H3,(H,23,25). The largest absolute Gasteiger partial charge is 0.490 e. The maximum Gasteiger partial charge on any atom is 0.250 e. The normalized spacial score (nSPS) is 17.1. The first-order valence-electron chi connectivity index (χ1n) is 9.47. The lowest BCUT2D eigenvalue weighted by Crippen LogP contribution is -2.30. The number of nitrogens with one attached hydrogen (secondary N) is 2. The van der Waals surface area contributed by atoms with E-state index in [1.807, 2.05) is 0 Å². The summed E-state index contributed by atoms with van der Waals surface area (Å²) in [5, 5.41) is 0. The zero-order chi connectivity index (χ0) is 21.2. The molecule has 1 aliphatic carbocycles. The Morgan fingerprint density at radius 3 is 2.55 bits per heavy atom. The van der Waals surface area contributed by atoms with Crippen LogP contribution in [-0.4, -0.2) is 31.2 Å². The van der Waals surface area contributed by atoms with Gasteiger partial charge in [0.25, 0.3) is 5.56 Å². The fraction of sp³-hybridized carbons (Fsp3) is 0.450. The van der Waals surface area contributed by atoms with Crippen LogP contribution in [0.3, 0.4) is 0 Å². The first-order chi connectivity index (χ1) is 13.6. The van der Waals surface area contributed by atoms with Crippen LogP contribution in [-0.2, 0) is 10.0 Å². The smallest absolute Gasteiger partial charge is 0.250 e. The fourth-order valence-electron chi connectivity index (χ4n) is 3.24. The van der Waals surface area contributed by atoms with Gasteiger partial charge in [-0.1, -0.05) is 0 Å². The van der Waals surface area contributed by atoms with Crippen molar-refractivity contribution in [2.24, 2.45) is 0 Å². The average molecular weight is 426 g/mol. The molecule has 1 saturated carbocycles. The first-order valence-corrected chi connectivity index (χ1v) is 11.1. The van der Waals surface area contributed by atoms with Crippen LogP contribution >= 0.6 is 0 Å². The van der Waals surface area contributed by atoms with Crippen molar-refractivity contribution in [3.8, 4) is 16.9 Å². The summed E-state index contributed by atoms with van der Waals surface area (Å²) in [7, 11) is -3.47. The Kier molecular flexibility index (Phi) is 5.97. The number of alkyl halides is 2. The number of benzene rings is 1. The zero-order valence-corrected chi connectivity index (χ0v) is 17.1. The SMILES string of the molecule is CCS(=O)(=O)Nc1ccc(OC2CCC(F)(F)CC2)c(-c2c[nH]c(=O)c(C)c2)c1. The number of anilines is 1. The van der Waals surface area contributed by atoms with Gasteiger partial charge in [0, 0.05) is 41.4 Å². The van der Waals surface area contributed by atoms with E-state index in [2.05, 4.69) is 9.71 Å². The molecule has 0 bridgehead atoms.